The average molecular weight is 247 g/mol. The SMILES string of the molecule is O=S(=O)(CCCCO)NC(C1CC1)C1CC1. The molecule has 2 fully saturated rings. The summed E-state index contributed by atoms with van der Waals surface area (Å²) >= 11 is 0. The van der Waals surface area contributed by atoms with Crippen LogP contribution in [0.5, 0.6) is 0 Å². The lowest BCUT2D eigenvalue weighted by molar-refractivity contribution is 0.287. The van der Waals surface area contributed by atoms with Gasteiger partial charge in [0.15, 0.2) is 0 Å². The topological polar surface area (TPSA) is 66.4 Å². The van der Waals surface area contributed by atoms with Crippen molar-refractivity contribution in [3.63, 3.8) is 0 Å². The minimum absolute atomic E-state index is 0.0736. The fraction of sp³-hybridized carbons (Fsp3) is 1.00. The summed E-state index contributed by atoms with van der Waals surface area (Å²) in [6.07, 6.45) is 5.84. The standard InChI is InChI=1S/C11H21NO3S/c13-7-1-2-8-16(14,15)12-11(9-3-4-9)10-5-6-10/h9-13H,1-8H2. The Morgan fingerprint density at radius 2 is 1.69 bits per heavy atom. The maximum atomic E-state index is 11.8. The molecule has 2 saturated carbocycles. The van der Waals surface area contributed by atoms with Gasteiger partial charge in [0, 0.05) is 12.6 Å². The van der Waals surface area contributed by atoms with Crippen molar-refractivity contribution in [2.75, 3.05) is 12.4 Å². The number of rotatable bonds is 8. The highest BCUT2D eigenvalue weighted by molar-refractivity contribution is 7.89. The van der Waals surface area contributed by atoms with Crippen LogP contribution in [-0.4, -0.2) is 31.9 Å². The quantitative estimate of drug-likeness (QED) is 0.625. The summed E-state index contributed by atoms with van der Waals surface area (Å²) in [4.78, 5) is 0. The van der Waals surface area contributed by atoms with Crippen molar-refractivity contribution in [2.24, 2.45) is 11.8 Å². The molecule has 0 amide bonds. The molecule has 0 saturated heterocycles. The second kappa shape index (κ2) is 5.02. The summed E-state index contributed by atoms with van der Waals surface area (Å²) in [6, 6.07) is 0.208. The van der Waals surface area contributed by atoms with Gasteiger partial charge in [-0.1, -0.05) is 0 Å². The molecule has 0 heterocycles. The first-order valence-electron chi connectivity index (χ1n) is 6.23. The molecule has 94 valence electrons. The fourth-order valence-corrected chi connectivity index (χ4v) is 3.66. The van der Waals surface area contributed by atoms with Crippen LogP contribution in [0.15, 0.2) is 0 Å². The van der Waals surface area contributed by atoms with E-state index in [2.05, 4.69) is 4.72 Å². The third-order valence-corrected chi connectivity index (χ3v) is 4.85. The highest BCUT2D eigenvalue weighted by Crippen LogP contribution is 2.44. The van der Waals surface area contributed by atoms with Crippen LogP contribution < -0.4 is 4.72 Å². The smallest absolute Gasteiger partial charge is 0.211 e. The molecule has 2 aliphatic carbocycles. The number of unbranched alkanes of at least 4 members (excludes halogenated alkanes) is 1. The molecule has 2 N–H and O–H groups in total. The highest BCUT2D eigenvalue weighted by Gasteiger charge is 2.43. The number of hydrogen-bond donors (Lipinski definition) is 2. The van der Waals surface area contributed by atoms with E-state index in [0.717, 1.165) is 0 Å². The second-order valence-corrected chi connectivity index (χ2v) is 6.94. The number of aliphatic hydroxyl groups excluding tert-OH is 1. The van der Waals surface area contributed by atoms with Crippen LogP contribution in [0.3, 0.4) is 0 Å². The van der Waals surface area contributed by atoms with Crippen molar-refractivity contribution in [3.8, 4) is 0 Å². The van der Waals surface area contributed by atoms with Crippen molar-refractivity contribution in [2.45, 2.75) is 44.6 Å². The molecule has 0 aromatic rings. The van der Waals surface area contributed by atoms with Gasteiger partial charge in [0.1, 0.15) is 0 Å². The van der Waals surface area contributed by atoms with E-state index in [4.69, 9.17) is 5.11 Å². The van der Waals surface area contributed by atoms with Crippen LogP contribution in [-0.2, 0) is 10.0 Å². The first-order valence-corrected chi connectivity index (χ1v) is 7.88. The first kappa shape index (κ1) is 12.3. The van der Waals surface area contributed by atoms with Crippen LogP contribution in [0, 0.1) is 11.8 Å². The van der Waals surface area contributed by atoms with Gasteiger partial charge in [-0.3, -0.25) is 0 Å². The Morgan fingerprint density at radius 1 is 1.12 bits per heavy atom. The Hall–Kier alpha value is -0.130. The molecule has 0 radical (unpaired) electrons. The summed E-state index contributed by atoms with van der Waals surface area (Å²) in [7, 11) is -3.12. The molecule has 0 atom stereocenters. The van der Waals surface area contributed by atoms with Crippen LogP contribution >= 0.6 is 0 Å². The van der Waals surface area contributed by atoms with E-state index in [1.807, 2.05) is 0 Å². The number of aliphatic hydroxyl groups is 1. The Balaban J connectivity index is 1.80. The van der Waals surface area contributed by atoms with Crippen molar-refractivity contribution in [1.29, 1.82) is 0 Å². The normalized spacial score (nSPS) is 21.6. The number of nitrogens with one attached hydrogen (secondary N) is 1. The van der Waals surface area contributed by atoms with Gasteiger partial charge in [-0.2, -0.15) is 0 Å². The van der Waals surface area contributed by atoms with Gasteiger partial charge in [-0.05, 0) is 50.4 Å². The zero-order valence-electron chi connectivity index (χ0n) is 9.56. The van der Waals surface area contributed by atoms with Gasteiger partial charge in [0.2, 0.25) is 10.0 Å². The van der Waals surface area contributed by atoms with Crippen molar-refractivity contribution >= 4 is 10.0 Å². The van der Waals surface area contributed by atoms with E-state index in [1.54, 1.807) is 0 Å². The molecule has 4 nitrogen and oxygen atoms in total. The minimum Gasteiger partial charge on any atom is -0.396 e. The second-order valence-electron chi connectivity index (χ2n) is 5.07. The molecular weight excluding hydrogens is 226 g/mol. The first-order chi connectivity index (χ1) is 7.62. The largest absolute Gasteiger partial charge is 0.396 e. The van der Waals surface area contributed by atoms with Gasteiger partial charge >= 0.3 is 0 Å². The van der Waals surface area contributed by atoms with Crippen LogP contribution in [0.1, 0.15) is 38.5 Å². The van der Waals surface area contributed by atoms with Gasteiger partial charge in [-0.15, -0.1) is 0 Å². The predicted molar refractivity (Wildman–Crippen MR) is 62.5 cm³/mol. The van der Waals surface area contributed by atoms with E-state index in [0.29, 0.717) is 24.7 Å². The molecule has 0 unspecified atom stereocenters. The summed E-state index contributed by atoms with van der Waals surface area (Å²) in [5, 5.41) is 8.63. The molecule has 2 rings (SSSR count). The van der Waals surface area contributed by atoms with E-state index in [-0.39, 0.29) is 18.4 Å². The Kier molecular flexibility index (Phi) is 3.87. The monoisotopic (exact) mass is 247 g/mol. The molecule has 0 aromatic carbocycles. The van der Waals surface area contributed by atoms with E-state index >= 15 is 0 Å². The lowest BCUT2D eigenvalue weighted by atomic mass is 10.1. The van der Waals surface area contributed by atoms with E-state index in [9.17, 15) is 8.42 Å². The Bertz CT molecular complexity index is 308. The lowest BCUT2D eigenvalue weighted by Crippen LogP contribution is -2.39. The number of sulfonamides is 1. The summed E-state index contributed by atoms with van der Waals surface area (Å²) < 4.78 is 26.4. The molecule has 5 heteroatoms. The van der Waals surface area contributed by atoms with Gasteiger partial charge < -0.3 is 5.11 Å². The molecule has 0 aliphatic heterocycles. The van der Waals surface area contributed by atoms with Crippen molar-refractivity contribution in [3.05, 3.63) is 0 Å². The number of hydrogen-bond acceptors (Lipinski definition) is 3. The van der Waals surface area contributed by atoms with E-state index < -0.39 is 10.0 Å². The van der Waals surface area contributed by atoms with Crippen LogP contribution in [0.25, 0.3) is 0 Å². The Labute approximate surface area is 97.5 Å². The molecule has 2 aliphatic rings. The van der Waals surface area contributed by atoms with Crippen molar-refractivity contribution < 1.29 is 13.5 Å². The Morgan fingerprint density at radius 3 is 2.12 bits per heavy atom. The van der Waals surface area contributed by atoms with Gasteiger partial charge in [-0.25, -0.2) is 13.1 Å². The summed E-state index contributed by atoms with van der Waals surface area (Å²) in [5.74, 6) is 1.35. The van der Waals surface area contributed by atoms with Gasteiger partial charge in [0.25, 0.3) is 0 Å². The van der Waals surface area contributed by atoms with Crippen molar-refractivity contribution in [1.82, 2.24) is 4.72 Å². The average Bonchev–Trinajstić information content (AvgIpc) is 3.07. The zero-order valence-corrected chi connectivity index (χ0v) is 10.4. The van der Waals surface area contributed by atoms with Crippen LogP contribution in [0.2, 0.25) is 0 Å². The minimum atomic E-state index is -3.12. The van der Waals surface area contributed by atoms with E-state index in [1.165, 1.54) is 25.7 Å². The lowest BCUT2D eigenvalue weighted by Gasteiger charge is -2.17. The third kappa shape index (κ3) is 3.71. The molecule has 0 aromatic heterocycles. The molecule has 16 heavy (non-hydrogen) atoms. The molecular formula is C11H21NO3S. The summed E-state index contributed by atoms with van der Waals surface area (Å²) in [6.45, 7) is 0.0736. The highest BCUT2D eigenvalue weighted by atomic mass is 32.2. The maximum absolute atomic E-state index is 11.8. The predicted octanol–water partition coefficient (Wildman–Crippen LogP) is 0.867. The summed E-state index contributed by atoms with van der Waals surface area (Å²) in [5.41, 5.74) is 0. The fourth-order valence-electron chi connectivity index (χ4n) is 2.16. The van der Waals surface area contributed by atoms with Crippen LogP contribution in [0.4, 0.5) is 0 Å². The maximum Gasteiger partial charge on any atom is 0.211 e. The molecule has 0 spiro atoms. The zero-order chi connectivity index (χ0) is 11.6. The van der Waals surface area contributed by atoms with Gasteiger partial charge in [0.05, 0.1) is 5.75 Å². The molecule has 0 bridgehead atoms. The third-order valence-electron chi connectivity index (χ3n) is 3.40.